The van der Waals surface area contributed by atoms with Gasteiger partial charge in [-0.1, -0.05) is 36.2 Å². The molecule has 0 radical (unpaired) electrons. The molecule has 0 saturated heterocycles. The highest BCUT2D eigenvalue weighted by Gasteiger charge is 2.12. The van der Waals surface area contributed by atoms with Crippen LogP contribution in [0.4, 0.5) is 0 Å². The van der Waals surface area contributed by atoms with Crippen LogP contribution in [0.15, 0.2) is 36.7 Å². The lowest BCUT2D eigenvalue weighted by Crippen LogP contribution is -2.23. The molecule has 2 aromatic rings. The average molecular weight is 296 g/mol. The molecule has 0 aliphatic heterocycles. The first-order valence-corrected chi connectivity index (χ1v) is 6.90. The van der Waals surface area contributed by atoms with Gasteiger partial charge in [0.25, 0.3) is 0 Å². The van der Waals surface area contributed by atoms with E-state index in [1.165, 1.54) is 0 Å². The van der Waals surface area contributed by atoms with Gasteiger partial charge in [-0.3, -0.25) is 0 Å². The molecule has 2 rings (SSSR count). The molecule has 1 N–H and O–H groups in total. The number of rotatable bonds is 5. The Morgan fingerprint density at radius 1 is 1.16 bits per heavy atom. The van der Waals surface area contributed by atoms with Crippen LogP contribution in [0.1, 0.15) is 24.1 Å². The third-order valence-corrected chi connectivity index (χ3v) is 3.62. The van der Waals surface area contributed by atoms with Gasteiger partial charge < -0.3 is 5.32 Å². The predicted molar refractivity (Wildman–Crippen MR) is 78.6 cm³/mol. The molecule has 0 saturated carbocycles. The van der Waals surface area contributed by atoms with Gasteiger partial charge in [-0.2, -0.15) is 10.2 Å². The third-order valence-electron chi connectivity index (χ3n) is 2.88. The van der Waals surface area contributed by atoms with Gasteiger partial charge in [-0.05, 0) is 42.3 Å². The van der Waals surface area contributed by atoms with E-state index in [1.807, 2.05) is 24.3 Å². The molecule has 1 atom stereocenters. The largest absolute Gasteiger partial charge is 0.310 e. The van der Waals surface area contributed by atoms with E-state index in [-0.39, 0.29) is 6.04 Å². The van der Waals surface area contributed by atoms with Crippen LogP contribution in [0.25, 0.3) is 0 Å². The molecular weight excluding hydrogens is 281 g/mol. The smallest absolute Gasteiger partial charge is 0.0595 e. The number of benzene rings is 1. The molecule has 1 unspecified atom stereocenters. The maximum absolute atomic E-state index is 6.05. The second kappa shape index (κ2) is 6.85. The van der Waals surface area contributed by atoms with Crippen molar-refractivity contribution < 1.29 is 0 Å². The zero-order valence-electron chi connectivity index (χ0n) is 10.6. The van der Waals surface area contributed by atoms with Crippen LogP contribution < -0.4 is 5.32 Å². The van der Waals surface area contributed by atoms with Crippen LogP contribution in [0.2, 0.25) is 10.0 Å². The Hall–Kier alpha value is -1.16. The molecule has 19 heavy (non-hydrogen) atoms. The van der Waals surface area contributed by atoms with Gasteiger partial charge in [-0.25, -0.2) is 0 Å². The van der Waals surface area contributed by atoms with Crippen LogP contribution >= 0.6 is 23.2 Å². The summed E-state index contributed by atoms with van der Waals surface area (Å²) in [6.07, 6.45) is 4.32. The van der Waals surface area contributed by atoms with Crippen LogP contribution in [0.3, 0.4) is 0 Å². The summed E-state index contributed by atoms with van der Waals surface area (Å²) in [5.74, 6) is 0. The Balaban J connectivity index is 2.19. The highest BCUT2D eigenvalue weighted by Crippen LogP contribution is 2.25. The Labute approximate surface area is 123 Å². The van der Waals surface area contributed by atoms with Gasteiger partial charge in [-0.15, -0.1) is 0 Å². The quantitative estimate of drug-likeness (QED) is 0.914. The highest BCUT2D eigenvalue weighted by atomic mass is 35.5. The molecule has 1 heterocycles. The number of hydrogen-bond acceptors (Lipinski definition) is 3. The summed E-state index contributed by atoms with van der Waals surface area (Å²) >= 11 is 12.0. The van der Waals surface area contributed by atoms with E-state index >= 15 is 0 Å². The number of halogens is 2. The Morgan fingerprint density at radius 2 is 2.00 bits per heavy atom. The van der Waals surface area contributed by atoms with Crippen molar-refractivity contribution in [1.29, 1.82) is 0 Å². The number of nitrogens with zero attached hydrogens (tertiary/aromatic N) is 2. The van der Waals surface area contributed by atoms with E-state index in [1.54, 1.807) is 12.4 Å². The number of nitrogens with one attached hydrogen (secondary N) is 1. The van der Waals surface area contributed by atoms with E-state index < -0.39 is 0 Å². The standard InChI is InChI=1S/C14H15Cl2N3/c1-2-17-14(11-5-6-18-19-9-11)8-10-3-4-12(15)13(16)7-10/h3-7,9,14,17H,2,8H2,1H3. The lowest BCUT2D eigenvalue weighted by molar-refractivity contribution is 0.547. The van der Waals surface area contributed by atoms with Gasteiger partial charge in [0.1, 0.15) is 0 Å². The lowest BCUT2D eigenvalue weighted by atomic mass is 10.0. The Bertz CT molecular complexity index is 531. The highest BCUT2D eigenvalue weighted by molar-refractivity contribution is 6.42. The normalized spacial score (nSPS) is 12.4. The predicted octanol–water partition coefficient (Wildman–Crippen LogP) is 3.68. The first-order valence-electron chi connectivity index (χ1n) is 6.14. The molecule has 100 valence electrons. The number of hydrogen-bond donors (Lipinski definition) is 1. The molecular formula is C14H15Cl2N3. The fraction of sp³-hybridized carbons (Fsp3) is 0.286. The van der Waals surface area contributed by atoms with Gasteiger partial charge in [0, 0.05) is 12.2 Å². The van der Waals surface area contributed by atoms with Gasteiger partial charge >= 0.3 is 0 Å². The summed E-state index contributed by atoms with van der Waals surface area (Å²) < 4.78 is 0. The molecule has 1 aromatic carbocycles. The average Bonchev–Trinajstić information content (AvgIpc) is 2.43. The van der Waals surface area contributed by atoms with Crippen molar-refractivity contribution in [2.24, 2.45) is 0 Å². The van der Waals surface area contributed by atoms with Crippen molar-refractivity contribution in [3.8, 4) is 0 Å². The SMILES string of the molecule is CCNC(Cc1ccc(Cl)c(Cl)c1)c1ccnnc1. The first kappa shape index (κ1) is 14.3. The van der Waals surface area contributed by atoms with Crippen molar-refractivity contribution in [1.82, 2.24) is 15.5 Å². The van der Waals surface area contributed by atoms with Gasteiger partial charge in [0.05, 0.1) is 16.2 Å². The fourth-order valence-corrected chi connectivity index (χ4v) is 2.28. The molecule has 5 heteroatoms. The summed E-state index contributed by atoms with van der Waals surface area (Å²) in [4.78, 5) is 0. The van der Waals surface area contributed by atoms with E-state index in [0.29, 0.717) is 10.0 Å². The van der Waals surface area contributed by atoms with Crippen LogP contribution in [0.5, 0.6) is 0 Å². The van der Waals surface area contributed by atoms with Crippen molar-refractivity contribution in [3.05, 3.63) is 57.8 Å². The lowest BCUT2D eigenvalue weighted by Gasteiger charge is -2.18. The summed E-state index contributed by atoms with van der Waals surface area (Å²) in [6, 6.07) is 7.89. The number of aromatic nitrogens is 2. The zero-order valence-corrected chi connectivity index (χ0v) is 12.1. The van der Waals surface area contributed by atoms with Gasteiger partial charge in [0.15, 0.2) is 0 Å². The molecule has 0 fully saturated rings. The summed E-state index contributed by atoms with van der Waals surface area (Å²) in [7, 11) is 0. The van der Waals surface area contributed by atoms with Gasteiger partial charge in [0.2, 0.25) is 0 Å². The van der Waals surface area contributed by atoms with Crippen LogP contribution in [-0.4, -0.2) is 16.7 Å². The molecule has 0 spiro atoms. The molecule has 0 amide bonds. The van der Waals surface area contributed by atoms with Crippen LogP contribution in [-0.2, 0) is 6.42 Å². The maximum atomic E-state index is 6.05. The minimum atomic E-state index is 0.192. The second-order valence-electron chi connectivity index (χ2n) is 4.24. The van der Waals surface area contributed by atoms with E-state index in [9.17, 15) is 0 Å². The van der Waals surface area contributed by atoms with E-state index in [4.69, 9.17) is 23.2 Å². The second-order valence-corrected chi connectivity index (χ2v) is 5.05. The summed E-state index contributed by atoms with van der Waals surface area (Å²) in [5, 5.41) is 12.3. The molecule has 1 aromatic heterocycles. The minimum absolute atomic E-state index is 0.192. The Kier molecular flexibility index (Phi) is 5.14. The van der Waals surface area contributed by atoms with Crippen LogP contribution in [0, 0.1) is 0 Å². The monoisotopic (exact) mass is 295 g/mol. The zero-order chi connectivity index (χ0) is 13.7. The molecule has 0 aliphatic rings. The van der Waals surface area contributed by atoms with Crippen molar-refractivity contribution in [2.45, 2.75) is 19.4 Å². The topological polar surface area (TPSA) is 37.8 Å². The molecule has 0 bridgehead atoms. The van der Waals surface area contributed by atoms with E-state index in [2.05, 4.69) is 22.4 Å². The number of likely N-dealkylation sites (N-methyl/N-ethyl adjacent to an activating group) is 1. The van der Waals surface area contributed by atoms with Crippen molar-refractivity contribution in [2.75, 3.05) is 6.54 Å². The minimum Gasteiger partial charge on any atom is -0.310 e. The fourth-order valence-electron chi connectivity index (χ4n) is 1.96. The van der Waals surface area contributed by atoms with Crippen molar-refractivity contribution >= 4 is 23.2 Å². The summed E-state index contributed by atoms with van der Waals surface area (Å²) in [6.45, 7) is 2.96. The van der Waals surface area contributed by atoms with Crippen molar-refractivity contribution in [3.63, 3.8) is 0 Å². The molecule has 3 nitrogen and oxygen atoms in total. The van der Waals surface area contributed by atoms with E-state index in [0.717, 1.165) is 24.1 Å². The maximum Gasteiger partial charge on any atom is 0.0595 e. The Morgan fingerprint density at radius 3 is 2.63 bits per heavy atom. The molecule has 0 aliphatic carbocycles. The first-order chi connectivity index (χ1) is 9.20. The third kappa shape index (κ3) is 3.90. The summed E-state index contributed by atoms with van der Waals surface area (Å²) in [5.41, 5.74) is 2.25.